The normalized spacial score (nSPS) is 11.7. The molecule has 0 aliphatic carbocycles. The second kappa shape index (κ2) is 8.50. The van der Waals surface area contributed by atoms with Crippen LogP contribution in [0.5, 0.6) is 0 Å². The van der Waals surface area contributed by atoms with E-state index in [0.29, 0.717) is 25.3 Å². The van der Waals surface area contributed by atoms with Gasteiger partial charge in [0, 0.05) is 25.0 Å². The number of aromatic nitrogens is 1. The van der Waals surface area contributed by atoms with Gasteiger partial charge in [-0.1, -0.05) is 50.2 Å². The maximum Gasteiger partial charge on any atom is 0.270 e. The molecule has 7 heteroatoms. The van der Waals surface area contributed by atoms with Crippen LogP contribution < -0.4 is 5.32 Å². The Bertz CT molecular complexity index is 1080. The summed E-state index contributed by atoms with van der Waals surface area (Å²) in [5.74, 6) is -0.273. The molecule has 2 aromatic carbocycles. The van der Waals surface area contributed by atoms with Gasteiger partial charge >= 0.3 is 0 Å². The number of carbonyl (C=O) groups excluding carboxylic acids is 1. The van der Waals surface area contributed by atoms with Crippen molar-refractivity contribution < 1.29 is 13.2 Å². The average molecular weight is 398 g/mol. The summed E-state index contributed by atoms with van der Waals surface area (Å²) in [4.78, 5) is 17.0. The molecule has 1 amide bonds. The number of hydrogen-bond donors (Lipinski definition) is 1. The van der Waals surface area contributed by atoms with Crippen molar-refractivity contribution in [3.8, 4) is 0 Å². The molecule has 1 aromatic heterocycles. The van der Waals surface area contributed by atoms with E-state index in [1.54, 1.807) is 30.3 Å². The molecule has 3 rings (SSSR count). The first kappa shape index (κ1) is 20.0. The number of nitrogens with one attached hydrogen (secondary N) is 1. The van der Waals surface area contributed by atoms with Crippen LogP contribution in [0.3, 0.4) is 0 Å². The lowest BCUT2D eigenvalue weighted by Gasteiger charge is -2.18. The largest absolute Gasteiger partial charge is 0.347 e. The van der Waals surface area contributed by atoms with Gasteiger partial charge in [0.1, 0.15) is 5.69 Å². The average Bonchev–Trinajstić information content (AvgIpc) is 2.72. The summed E-state index contributed by atoms with van der Waals surface area (Å²) < 4.78 is 26.4. The summed E-state index contributed by atoms with van der Waals surface area (Å²) in [6.07, 6.45) is 0. The summed E-state index contributed by atoms with van der Waals surface area (Å²) in [5, 5.41) is 3.80. The molecule has 0 aliphatic rings. The highest BCUT2D eigenvalue weighted by molar-refractivity contribution is 7.89. The number of hydrogen-bond acceptors (Lipinski definition) is 4. The van der Waals surface area contributed by atoms with Crippen LogP contribution in [0.4, 0.5) is 0 Å². The number of para-hydroxylation sites is 1. The lowest BCUT2D eigenvalue weighted by Crippen LogP contribution is -2.30. The summed E-state index contributed by atoms with van der Waals surface area (Å²) >= 11 is 0. The minimum atomic E-state index is -3.48. The Balaban J connectivity index is 1.68. The molecule has 0 fully saturated rings. The van der Waals surface area contributed by atoms with Crippen molar-refractivity contribution in [3.63, 3.8) is 0 Å². The SMILES string of the molecule is CCN(CC)S(=O)(=O)c1ccc(CNC(=O)c2ccc3ccccc3n2)cc1. The Labute approximate surface area is 165 Å². The van der Waals surface area contributed by atoms with E-state index in [2.05, 4.69) is 10.3 Å². The van der Waals surface area contributed by atoms with Gasteiger partial charge in [0.25, 0.3) is 5.91 Å². The molecule has 6 nitrogen and oxygen atoms in total. The zero-order valence-electron chi connectivity index (χ0n) is 15.9. The molecule has 3 aromatic rings. The summed E-state index contributed by atoms with van der Waals surface area (Å²) in [6.45, 7) is 4.77. The van der Waals surface area contributed by atoms with Crippen molar-refractivity contribution in [1.82, 2.24) is 14.6 Å². The van der Waals surface area contributed by atoms with E-state index in [1.165, 1.54) is 4.31 Å². The third-order valence-electron chi connectivity index (χ3n) is 4.55. The number of benzene rings is 2. The molecular formula is C21H23N3O3S. The second-order valence-corrected chi connectivity index (χ2v) is 8.24. The predicted molar refractivity (Wildman–Crippen MR) is 109 cm³/mol. The van der Waals surface area contributed by atoms with Gasteiger partial charge in [-0.15, -0.1) is 0 Å². The van der Waals surface area contributed by atoms with Crippen molar-refractivity contribution in [2.24, 2.45) is 0 Å². The molecule has 0 radical (unpaired) electrons. The highest BCUT2D eigenvalue weighted by Gasteiger charge is 2.21. The van der Waals surface area contributed by atoms with Gasteiger partial charge in [0.05, 0.1) is 10.4 Å². The van der Waals surface area contributed by atoms with Gasteiger partial charge in [0.2, 0.25) is 10.0 Å². The number of sulfonamides is 1. The number of fused-ring (bicyclic) bond motifs is 1. The van der Waals surface area contributed by atoms with E-state index in [9.17, 15) is 13.2 Å². The molecule has 0 saturated heterocycles. The molecule has 0 spiro atoms. The molecule has 1 N–H and O–H groups in total. The van der Waals surface area contributed by atoms with Crippen LogP contribution in [0.25, 0.3) is 10.9 Å². The zero-order chi connectivity index (χ0) is 20.1. The number of rotatable bonds is 7. The Morgan fingerprint density at radius 1 is 0.964 bits per heavy atom. The van der Waals surface area contributed by atoms with Crippen LogP contribution in [0.15, 0.2) is 65.6 Å². The fraction of sp³-hybridized carbons (Fsp3) is 0.238. The first-order chi connectivity index (χ1) is 13.5. The van der Waals surface area contributed by atoms with E-state index in [1.807, 2.05) is 44.2 Å². The van der Waals surface area contributed by atoms with E-state index in [4.69, 9.17) is 0 Å². The van der Waals surface area contributed by atoms with E-state index in [0.717, 1.165) is 16.5 Å². The van der Waals surface area contributed by atoms with Crippen molar-refractivity contribution in [3.05, 3.63) is 71.9 Å². The summed E-state index contributed by atoms with van der Waals surface area (Å²) in [6, 6.07) is 17.7. The monoisotopic (exact) mass is 397 g/mol. The van der Waals surface area contributed by atoms with E-state index >= 15 is 0 Å². The van der Waals surface area contributed by atoms with Gasteiger partial charge in [-0.25, -0.2) is 13.4 Å². The van der Waals surface area contributed by atoms with Crippen molar-refractivity contribution >= 4 is 26.8 Å². The van der Waals surface area contributed by atoms with Crippen molar-refractivity contribution in [2.75, 3.05) is 13.1 Å². The molecule has 0 unspecified atom stereocenters. The minimum absolute atomic E-state index is 0.252. The van der Waals surface area contributed by atoms with Crippen LogP contribution in [0.1, 0.15) is 29.9 Å². The van der Waals surface area contributed by atoms with Crippen LogP contribution >= 0.6 is 0 Å². The predicted octanol–water partition coefficient (Wildman–Crippen LogP) is 3.20. The maximum absolute atomic E-state index is 12.5. The second-order valence-electron chi connectivity index (χ2n) is 6.31. The number of pyridine rings is 1. The Morgan fingerprint density at radius 3 is 2.32 bits per heavy atom. The van der Waals surface area contributed by atoms with Gasteiger partial charge in [0.15, 0.2) is 0 Å². The molecule has 146 valence electrons. The Morgan fingerprint density at radius 2 is 1.64 bits per heavy atom. The number of nitrogens with zero attached hydrogens (tertiary/aromatic N) is 2. The molecule has 0 bridgehead atoms. The first-order valence-electron chi connectivity index (χ1n) is 9.18. The van der Waals surface area contributed by atoms with Crippen molar-refractivity contribution in [2.45, 2.75) is 25.3 Å². The number of amides is 1. The zero-order valence-corrected chi connectivity index (χ0v) is 16.7. The number of carbonyl (C=O) groups is 1. The van der Waals surface area contributed by atoms with Crippen LogP contribution in [0, 0.1) is 0 Å². The first-order valence-corrected chi connectivity index (χ1v) is 10.6. The molecular weight excluding hydrogens is 374 g/mol. The van der Waals surface area contributed by atoms with Crippen LogP contribution in [-0.4, -0.2) is 36.7 Å². The Hall–Kier alpha value is -2.77. The van der Waals surface area contributed by atoms with Crippen LogP contribution in [-0.2, 0) is 16.6 Å². The molecule has 1 heterocycles. The van der Waals surface area contributed by atoms with E-state index in [-0.39, 0.29) is 10.8 Å². The fourth-order valence-corrected chi connectivity index (χ4v) is 4.42. The third-order valence-corrected chi connectivity index (χ3v) is 6.61. The molecule has 0 aliphatic heterocycles. The summed E-state index contributed by atoms with van der Waals surface area (Å²) in [7, 11) is -3.48. The van der Waals surface area contributed by atoms with E-state index < -0.39 is 10.0 Å². The third kappa shape index (κ3) is 4.21. The highest BCUT2D eigenvalue weighted by atomic mass is 32.2. The van der Waals surface area contributed by atoms with Crippen LogP contribution in [0.2, 0.25) is 0 Å². The van der Waals surface area contributed by atoms with Crippen molar-refractivity contribution in [1.29, 1.82) is 0 Å². The Kier molecular flexibility index (Phi) is 6.06. The van der Waals surface area contributed by atoms with Gasteiger partial charge in [-0.3, -0.25) is 4.79 Å². The lowest BCUT2D eigenvalue weighted by atomic mass is 10.2. The minimum Gasteiger partial charge on any atom is -0.347 e. The van der Waals surface area contributed by atoms with Gasteiger partial charge in [-0.2, -0.15) is 4.31 Å². The maximum atomic E-state index is 12.5. The topological polar surface area (TPSA) is 79.4 Å². The summed E-state index contributed by atoms with van der Waals surface area (Å²) in [5.41, 5.74) is 1.92. The fourth-order valence-electron chi connectivity index (χ4n) is 2.96. The quantitative estimate of drug-likeness (QED) is 0.664. The van der Waals surface area contributed by atoms with Gasteiger partial charge in [-0.05, 0) is 29.8 Å². The van der Waals surface area contributed by atoms with Gasteiger partial charge < -0.3 is 5.32 Å². The molecule has 0 atom stereocenters. The highest BCUT2D eigenvalue weighted by Crippen LogP contribution is 2.16. The molecule has 28 heavy (non-hydrogen) atoms. The lowest BCUT2D eigenvalue weighted by molar-refractivity contribution is 0.0946. The molecule has 0 saturated carbocycles. The standard InChI is InChI=1S/C21H23N3O3S/c1-3-24(4-2)28(26,27)18-12-9-16(10-13-18)15-22-21(25)20-14-11-17-7-5-6-8-19(17)23-20/h5-14H,3-4,15H2,1-2H3,(H,22,25). The smallest absolute Gasteiger partial charge is 0.270 e.